The highest BCUT2D eigenvalue weighted by molar-refractivity contribution is 7.80. The number of amides is 2. The van der Waals surface area contributed by atoms with Crippen LogP contribution >= 0.6 is 12.2 Å². The molecule has 1 N–H and O–H groups in total. The second-order valence-electron chi connectivity index (χ2n) is 5.81. The molecule has 6 heteroatoms. The molecule has 0 aromatic carbocycles. The van der Waals surface area contributed by atoms with Crippen molar-refractivity contribution in [1.82, 2.24) is 14.8 Å². The van der Waals surface area contributed by atoms with Crippen molar-refractivity contribution < 1.29 is 9.59 Å². The van der Waals surface area contributed by atoms with Gasteiger partial charge in [0.2, 0.25) is 0 Å². The molecule has 1 aromatic heterocycles. The fourth-order valence-corrected chi connectivity index (χ4v) is 3.14. The number of hydrogen-bond donors (Lipinski definition) is 1. The van der Waals surface area contributed by atoms with Crippen LogP contribution in [0.5, 0.6) is 0 Å². The van der Waals surface area contributed by atoms with Crippen molar-refractivity contribution >= 4 is 35.2 Å². The lowest BCUT2D eigenvalue weighted by Gasteiger charge is -2.27. The summed E-state index contributed by atoms with van der Waals surface area (Å²) in [6.45, 7) is 12.1. The van der Waals surface area contributed by atoms with Crippen molar-refractivity contribution in [2.24, 2.45) is 0 Å². The van der Waals surface area contributed by atoms with Gasteiger partial charge in [-0.05, 0) is 57.6 Å². The highest BCUT2D eigenvalue weighted by Crippen LogP contribution is 2.23. The second-order valence-corrected chi connectivity index (χ2v) is 6.20. The maximum absolute atomic E-state index is 12.5. The molecule has 5 nitrogen and oxygen atoms in total. The standard InChI is InChI=1S/C17H21N3O2S/c1-6-7-19-16(22)14(15(21)18-17(19)23)9-13-8-11(4)20(10(2)3)12(13)5/h6,8-10H,1,7H2,2-5H3,(H,18,21,23)/b14-9+. The molecule has 1 saturated heterocycles. The molecule has 0 aliphatic carbocycles. The third-order valence-electron chi connectivity index (χ3n) is 3.84. The van der Waals surface area contributed by atoms with E-state index in [2.05, 4.69) is 30.3 Å². The van der Waals surface area contributed by atoms with E-state index in [0.29, 0.717) is 6.04 Å². The number of aryl methyl sites for hydroxylation is 1. The summed E-state index contributed by atoms with van der Waals surface area (Å²) in [5, 5.41) is 2.67. The average Bonchev–Trinajstić information content (AvgIpc) is 2.74. The number of carbonyl (C=O) groups is 2. The first-order chi connectivity index (χ1) is 10.8. The maximum atomic E-state index is 12.5. The first-order valence-electron chi connectivity index (χ1n) is 7.46. The Hall–Kier alpha value is -2.21. The van der Waals surface area contributed by atoms with Crippen molar-refractivity contribution in [2.75, 3.05) is 6.54 Å². The van der Waals surface area contributed by atoms with Crippen LogP contribution in [0, 0.1) is 13.8 Å². The van der Waals surface area contributed by atoms with Gasteiger partial charge in [0.25, 0.3) is 11.8 Å². The highest BCUT2D eigenvalue weighted by atomic mass is 32.1. The maximum Gasteiger partial charge on any atom is 0.265 e. The third-order valence-corrected chi connectivity index (χ3v) is 4.16. The first kappa shape index (κ1) is 17.1. The fourth-order valence-electron chi connectivity index (χ4n) is 2.89. The summed E-state index contributed by atoms with van der Waals surface area (Å²) in [5.74, 6) is -0.859. The molecule has 0 atom stereocenters. The van der Waals surface area contributed by atoms with Crippen molar-refractivity contribution in [2.45, 2.75) is 33.7 Å². The molecular formula is C17H21N3O2S. The van der Waals surface area contributed by atoms with Gasteiger partial charge in [0.1, 0.15) is 5.57 Å². The van der Waals surface area contributed by atoms with Crippen LogP contribution in [0.25, 0.3) is 6.08 Å². The largest absolute Gasteiger partial charge is 0.346 e. The smallest absolute Gasteiger partial charge is 0.265 e. The van der Waals surface area contributed by atoms with E-state index < -0.39 is 11.8 Å². The van der Waals surface area contributed by atoms with Crippen LogP contribution in [-0.4, -0.2) is 32.9 Å². The van der Waals surface area contributed by atoms with E-state index in [4.69, 9.17) is 12.2 Å². The Bertz CT molecular complexity index is 728. The molecule has 0 unspecified atom stereocenters. The van der Waals surface area contributed by atoms with Crippen LogP contribution in [0.15, 0.2) is 24.3 Å². The van der Waals surface area contributed by atoms with E-state index in [1.54, 1.807) is 12.2 Å². The van der Waals surface area contributed by atoms with Gasteiger partial charge in [-0.25, -0.2) is 0 Å². The molecule has 1 fully saturated rings. The number of hydrogen-bond acceptors (Lipinski definition) is 3. The van der Waals surface area contributed by atoms with Crippen LogP contribution in [0.1, 0.15) is 36.8 Å². The molecule has 0 saturated carbocycles. The number of carbonyl (C=O) groups excluding carboxylic acids is 2. The Balaban J connectivity index is 2.47. The Kier molecular flexibility index (Phi) is 4.85. The van der Waals surface area contributed by atoms with Crippen LogP contribution in [0.3, 0.4) is 0 Å². The lowest BCUT2D eigenvalue weighted by Crippen LogP contribution is -2.53. The van der Waals surface area contributed by atoms with Gasteiger partial charge in [-0.3, -0.25) is 19.8 Å². The van der Waals surface area contributed by atoms with Gasteiger partial charge in [0.05, 0.1) is 0 Å². The lowest BCUT2D eigenvalue weighted by atomic mass is 10.1. The van der Waals surface area contributed by atoms with Gasteiger partial charge in [0, 0.05) is 24.0 Å². The summed E-state index contributed by atoms with van der Waals surface area (Å²) in [6, 6.07) is 2.29. The Morgan fingerprint density at radius 1 is 1.35 bits per heavy atom. The minimum absolute atomic E-state index is 0.0875. The number of aromatic nitrogens is 1. The van der Waals surface area contributed by atoms with Crippen molar-refractivity contribution in [3.05, 3.63) is 41.2 Å². The Morgan fingerprint density at radius 2 is 2.00 bits per heavy atom. The van der Waals surface area contributed by atoms with Crippen LogP contribution < -0.4 is 5.32 Å². The quantitative estimate of drug-likeness (QED) is 0.399. The lowest BCUT2D eigenvalue weighted by molar-refractivity contribution is -0.128. The van der Waals surface area contributed by atoms with Crippen molar-refractivity contribution in [3.63, 3.8) is 0 Å². The summed E-state index contributed by atoms with van der Waals surface area (Å²) in [6.07, 6.45) is 3.21. The number of rotatable bonds is 4. The van der Waals surface area contributed by atoms with E-state index in [0.717, 1.165) is 17.0 Å². The molecule has 1 aromatic rings. The van der Waals surface area contributed by atoms with Gasteiger partial charge in [0.15, 0.2) is 5.11 Å². The zero-order chi connectivity index (χ0) is 17.3. The number of nitrogens with zero attached hydrogens (tertiary/aromatic N) is 2. The predicted octanol–water partition coefficient (Wildman–Crippen LogP) is 2.50. The summed E-state index contributed by atoms with van der Waals surface area (Å²) < 4.78 is 2.17. The average molecular weight is 331 g/mol. The first-order valence-corrected chi connectivity index (χ1v) is 7.87. The fraction of sp³-hybridized carbons (Fsp3) is 0.353. The minimum atomic E-state index is -0.463. The van der Waals surface area contributed by atoms with Crippen molar-refractivity contribution in [1.29, 1.82) is 0 Å². The molecular weight excluding hydrogens is 310 g/mol. The topological polar surface area (TPSA) is 54.3 Å². The highest BCUT2D eigenvalue weighted by Gasteiger charge is 2.32. The van der Waals surface area contributed by atoms with Gasteiger partial charge >= 0.3 is 0 Å². The summed E-state index contributed by atoms with van der Waals surface area (Å²) in [5.41, 5.74) is 3.06. The van der Waals surface area contributed by atoms with E-state index in [1.165, 1.54) is 4.90 Å². The number of thiocarbonyl (C=S) groups is 1. The van der Waals surface area contributed by atoms with Gasteiger partial charge in [-0.15, -0.1) is 6.58 Å². The summed E-state index contributed by atoms with van der Waals surface area (Å²) >= 11 is 5.04. The number of nitrogens with one attached hydrogen (secondary N) is 1. The molecule has 2 amide bonds. The monoisotopic (exact) mass is 331 g/mol. The molecule has 0 radical (unpaired) electrons. The zero-order valence-electron chi connectivity index (χ0n) is 13.8. The Labute approximate surface area is 141 Å². The van der Waals surface area contributed by atoms with Crippen molar-refractivity contribution in [3.8, 4) is 0 Å². The SMILES string of the molecule is C=CCN1C(=O)/C(=C/c2cc(C)n(C(C)C)c2C)C(=O)NC1=S. The summed E-state index contributed by atoms with van der Waals surface area (Å²) in [4.78, 5) is 26.0. The molecule has 2 rings (SSSR count). The zero-order valence-corrected chi connectivity index (χ0v) is 14.7. The predicted molar refractivity (Wildman–Crippen MR) is 94.9 cm³/mol. The third kappa shape index (κ3) is 3.12. The summed E-state index contributed by atoms with van der Waals surface area (Å²) in [7, 11) is 0. The molecule has 1 aliphatic rings. The molecule has 0 spiro atoms. The van der Waals surface area contributed by atoms with E-state index in [9.17, 15) is 9.59 Å². The molecule has 1 aliphatic heterocycles. The molecule has 2 heterocycles. The van der Waals surface area contributed by atoms with Gasteiger partial charge in [-0.1, -0.05) is 6.08 Å². The molecule has 0 bridgehead atoms. The van der Waals surface area contributed by atoms with E-state index in [-0.39, 0.29) is 17.2 Å². The Morgan fingerprint density at radius 3 is 2.52 bits per heavy atom. The van der Waals surface area contributed by atoms with E-state index >= 15 is 0 Å². The van der Waals surface area contributed by atoms with Gasteiger partial charge in [-0.2, -0.15) is 0 Å². The molecule has 122 valence electrons. The minimum Gasteiger partial charge on any atom is -0.346 e. The van der Waals surface area contributed by atoms with Crippen LogP contribution in [0.4, 0.5) is 0 Å². The van der Waals surface area contributed by atoms with Crippen LogP contribution in [-0.2, 0) is 9.59 Å². The van der Waals surface area contributed by atoms with E-state index in [1.807, 2.05) is 19.9 Å². The van der Waals surface area contributed by atoms with Gasteiger partial charge < -0.3 is 4.57 Å². The van der Waals surface area contributed by atoms with Crippen LogP contribution in [0.2, 0.25) is 0 Å². The molecule has 23 heavy (non-hydrogen) atoms. The second kappa shape index (κ2) is 6.50. The normalized spacial score (nSPS) is 17.2.